The van der Waals surface area contributed by atoms with Crippen LogP contribution in [0.2, 0.25) is 0 Å². The SMILES string of the molecule is Cc1cc(C)nc(SCC(=O)Nc2ccc(OC(C)C)cc2)n1. The fourth-order valence-electron chi connectivity index (χ4n) is 1.97. The Hall–Kier alpha value is -2.08. The molecule has 5 nitrogen and oxygen atoms in total. The topological polar surface area (TPSA) is 64.1 Å². The van der Waals surface area contributed by atoms with Gasteiger partial charge in [-0.3, -0.25) is 4.79 Å². The number of benzene rings is 1. The first-order valence-corrected chi connectivity index (χ1v) is 8.42. The Kier molecular flexibility index (Phi) is 5.98. The Bertz CT molecular complexity index is 652. The maximum absolute atomic E-state index is 12.0. The summed E-state index contributed by atoms with van der Waals surface area (Å²) in [6.45, 7) is 7.78. The lowest BCUT2D eigenvalue weighted by Gasteiger charge is -2.10. The molecule has 0 bridgehead atoms. The molecule has 2 aromatic rings. The number of rotatable bonds is 6. The van der Waals surface area contributed by atoms with Crippen LogP contribution in [0.1, 0.15) is 25.2 Å². The molecule has 0 atom stereocenters. The molecule has 1 heterocycles. The monoisotopic (exact) mass is 331 g/mol. The first-order chi connectivity index (χ1) is 10.9. The highest BCUT2D eigenvalue weighted by atomic mass is 32.2. The number of carbonyl (C=O) groups is 1. The molecule has 1 aromatic heterocycles. The number of carbonyl (C=O) groups excluding carboxylic acids is 1. The van der Waals surface area contributed by atoms with E-state index in [1.807, 2.05) is 58.0 Å². The first kappa shape index (κ1) is 17.3. The molecule has 0 saturated carbocycles. The van der Waals surface area contributed by atoms with Gasteiger partial charge in [-0.15, -0.1) is 0 Å². The van der Waals surface area contributed by atoms with Crippen LogP contribution in [0.3, 0.4) is 0 Å². The van der Waals surface area contributed by atoms with Crippen LogP contribution in [0.4, 0.5) is 5.69 Å². The second kappa shape index (κ2) is 7.97. The van der Waals surface area contributed by atoms with E-state index in [0.29, 0.717) is 5.16 Å². The molecule has 2 rings (SSSR count). The summed E-state index contributed by atoms with van der Waals surface area (Å²) in [4.78, 5) is 20.6. The van der Waals surface area contributed by atoms with E-state index >= 15 is 0 Å². The van der Waals surface area contributed by atoms with Gasteiger partial charge in [0.15, 0.2) is 5.16 Å². The minimum atomic E-state index is -0.0877. The second-order valence-electron chi connectivity index (χ2n) is 5.46. The Morgan fingerprint density at radius 1 is 1.17 bits per heavy atom. The summed E-state index contributed by atoms with van der Waals surface area (Å²) in [5.74, 6) is 0.971. The van der Waals surface area contributed by atoms with Gasteiger partial charge in [0, 0.05) is 17.1 Å². The number of anilines is 1. The summed E-state index contributed by atoms with van der Waals surface area (Å²) in [7, 11) is 0. The van der Waals surface area contributed by atoms with Crippen molar-refractivity contribution in [2.24, 2.45) is 0 Å². The maximum atomic E-state index is 12.0. The molecule has 0 unspecified atom stereocenters. The molecule has 0 aliphatic carbocycles. The van der Waals surface area contributed by atoms with Crippen molar-refractivity contribution in [1.82, 2.24) is 9.97 Å². The van der Waals surface area contributed by atoms with E-state index in [0.717, 1.165) is 22.8 Å². The van der Waals surface area contributed by atoms with Crippen LogP contribution in [0.15, 0.2) is 35.5 Å². The fourth-order valence-corrected chi connectivity index (χ4v) is 2.72. The van der Waals surface area contributed by atoms with Gasteiger partial charge >= 0.3 is 0 Å². The molecule has 0 spiro atoms. The molecule has 122 valence electrons. The quantitative estimate of drug-likeness (QED) is 0.647. The lowest BCUT2D eigenvalue weighted by molar-refractivity contribution is -0.113. The van der Waals surface area contributed by atoms with E-state index < -0.39 is 0 Å². The smallest absolute Gasteiger partial charge is 0.234 e. The number of aryl methyl sites for hydroxylation is 2. The molecule has 1 N–H and O–H groups in total. The molecule has 6 heteroatoms. The van der Waals surface area contributed by atoms with E-state index in [4.69, 9.17) is 4.74 Å². The predicted molar refractivity (Wildman–Crippen MR) is 93.1 cm³/mol. The van der Waals surface area contributed by atoms with Gasteiger partial charge in [-0.2, -0.15) is 0 Å². The van der Waals surface area contributed by atoms with Crippen LogP contribution in [0.25, 0.3) is 0 Å². The highest BCUT2D eigenvalue weighted by Gasteiger charge is 2.07. The van der Waals surface area contributed by atoms with Crippen molar-refractivity contribution in [3.8, 4) is 5.75 Å². The molecule has 0 aliphatic rings. The molecule has 1 aromatic carbocycles. The Morgan fingerprint density at radius 2 is 1.78 bits per heavy atom. The number of nitrogens with one attached hydrogen (secondary N) is 1. The standard InChI is InChI=1S/C17H21N3O2S/c1-11(2)22-15-7-5-14(6-8-15)20-16(21)10-23-17-18-12(3)9-13(4)19-17/h5-9,11H,10H2,1-4H3,(H,20,21). The third-order valence-corrected chi connectivity index (χ3v) is 3.65. The van der Waals surface area contributed by atoms with Gasteiger partial charge in [0.1, 0.15) is 5.75 Å². The molecule has 0 saturated heterocycles. The number of aromatic nitrogens is 2. The van der Waals surface area contributed by atoms with Crippen molar-refractivity contribution in [1.29, 1.82) is 0 Å². The number of thioether (sulfide) groups is 1. The van der Waals surface area contributed by atoms with E-state index in [-0.39, 0.29) is 17.8 Å². The third-order valence-electron chi connectivity index (χ3n) is 2.80. The summed E-state index contributed by atoms with van der Waals surface area (Å²) >= 11 is 1.33. The number of ether oxygens (including phenoxy) is 1. The fraction of sp³-hybridized carbons (Fsp3) is 0.353. The zero-order valence-electron chi connectivity index (χ0n) is 13.8. The summed E-state index contributed by atoms with van der Waals surface area (Å²) in [6.07, 6.45) is 0.129. The van der Waals surface area contributed by atoms with Crippen molar-refractivity contribution in [3.63, 3.8) is 0 Å². The summed E-state index contributed by atoms with van der Waals surface area (Å²) in [6, 6.07) is 9.25. The van der Waals surface area contributed by atoms with Gasteiger partial charge in [0.2, 0.25) is 5.91 Å². The first-order valence-electron chi connectivity index (χ1n) is 7.44. The zero-order chi connectivity index (χ0) is 16.8. The third kappa shape index (κ3) is 5.90. The van der Waals surface area contributed by atoms with Gasteiger partial charge in [-0.25, -0.2) is 9.97 Å². The molecule has 0 radical (unpaired) electrons. The van der Waals surface area contributed by atoms with Gasteiger partial charge < -0.3 is 10.1 Å². The van der Waals surface area contributed by atoms with Gasteiger partial charge in [-0.05, 0) is 58.0 Å². The minimum absolute atomic E-state index is 0.0877. The average molecular weight is 331 g/mol. The van der Waals surface area contributed by atoms with E-state index in [9.17, 15) is 4.79 Å². The second-order valence-corrected chi connectivity index (χ2v) is 6.40. The highest BCUT2D eigenvalue weighted by molar-refractivity contribution is 7.99. The van der Waals surface area contributed by atoms with Gasteiger partial charge in [0.05, 0.1) is 11.9 Å². The normalized spacial score (nSPS) is 10.7. The lowest BCUT2D eigenvalue weighted by Crippen LogP contribution is -2.14. The van der Waals surface area contributed by atoms with Crippen molar-refractivity contribution < 1.29 is 9.53 Å². The zero-order valence-corrected chi connectivity index (χ0v) is 14.6. The van der Waals surface area contributed by atoms with Crippen molar-refractivity contribution in [2.75, 3.05) is 11.1 Å². The van der Waals surface area contributed by atoms with Crippen LogP contribution in [0, 0.1) is 13.8 Å². The highest BCUT2D eigenvalue weighted by Crippen LogP contribution is 2.18. The largest absolute Gasteiger partial charge is 0.491 e. The number of hydrogen-bond donors (Lipinski definition) is 1. The number of nitrogens with zero attached hydrogens (tertiary/aromatic N) is 2. The van der Waals surface area contributed by atoms with Crippen LogP contribution < -0.4 is 10.1 Å². The van der Waals surface area contributed by atoms with E-state index in [1.165, 1.54) is 11.8 Å². The summed E-state index contributed by atoms with van der Waals surface area (Å²) in [5.41, 5.74) is 2.55. The van der Waals surface area contributed by atoms with Crippen LogP contribution in [0.5, 0.6) is 5.75 Å². The summed E-state index contributed by atoms with van der Waals surface area (Å²) in [5, 5.41) is 3.47. The maximum Gasteiger partial charge on any atom is 0.234 e. The molecular weight excluding hydrogens is 310 g/mol. The number of hydrogen-bond acceptors (Lipinski definition) is 5. The van der Waals surface area contributed by atoms with E-state index in [1.54, 1.807) is 0 Å². The van der Waals surface area contributed by atoms with Crippen LogP contribution >= 0.6 is 11.8 Å². The van der Waals surface area contributed by atoms with E-state index in [2.05, 4.69) is 15.3 Å². The van der Waals surface area contributed by atoms with Gasteiger partial charge in [-0.1, -0.05) is 11.8 Å². The Balaban J connectivity index is 1.87. The Morgan fingerprint density at radius 3 is 2.35 bits per heavy atom. The predicted octanol–water partition coefficient (Wildman–Crippen LogP) is 3.61. The van der Waals surface area contributed by atoms with Crippen molar-refractivity contribution in [3.05, 3.63) is 41.7 Å². The lowest BCUT2D eigenvalue weighted by atomic mass is 10.3. The van der Waals surface area contributed by atoms with Crippen molar-refractivity contribution >= 4 is 23.4 Å². The molecule has 0 aliphatic heterocycles. The van der Waals surface area contributed by atoms with Crippen LogP contribution in [-0.2, 0) is 4.79 Å². The summed E-state index contributed by atoms with van der Waals surface area (Å²) < 4.78 is 5.57. The Labute approximate surface area is 140 Å². The van der Waals surface area contributed by atoms with Gasteiger partial charge in [0.25, 0.3) is 0 Å². The molecular formula is C17H21N3O2S. The molecule has 0 fully saturated rings. The van der Waals surface area contributed by atoms with Crippen molar-refractivity contribution in [2.45, 2.75) is 39.0 Å². The molecule has 1 amide bonds. The minimum Gasteiger partial charge on any atom is -0.491 e. The number of amides is 1. The average Bonchev–Trinajstić information content (AvgIpc) is 2.46. The van der Waals surface area contributed by atoms with Crippen LogP contribution in [-0.4, -0.2) is 27.7 Å². The molecule has 23 heavy (non-hydrogen) atoms.